The van der Waals surface area contributed by atoms with Crippen molar-refractivity contribution in [2.24, 2.45) is 11.8 Å². The second kappa shape index (κ2) is 6.01. The zero-order valence-corrected chi connectivity index (χ0v) is 10.0. The van der Waals surface area contributed by atoms with Gasteiger partial charge in [-0.05, 0) is 23.8 Å². The minimum Gasteiger partial charge on any atom is -0.0802 e. The second-order valence-corrected chi connectivity index (χ2v) is 3.90. The van der Waals surface area contributed by atoms with Gasteiger partial charge in [-0.1, -0.05) is 59.3 Å². The fraction of sp³-hybridized carbons (Fsp3) is 0.692. The summed E-state index contributed by atoms with van der Waals surface area (Å²) in [5.41, 5.74) is 3.21. The molecule has 0 unspecified atom stereocenters. The summed E-state index contributed by atoms with van der Waals surface area (Å²) in [5.74, 6) is 1.42. The lowest BCUT2D eigenvalue weighted by Crippen LogP contribution is -1.98. The fourth-order valence-corrected chi connectivity index (χ4v) is 1.67. The van der Waals surface area contributed by atoms with E-state index >= 15 is 0 Å². The molecule has 0 saturated heterocycles. The molecule has 0 aromatic heterocycles. The second-order valence-electron chi connectivity index (χ2n) is 3.90. The van der Waals surface area contributed by atoms with E-state index in [1.54, 1.807) is 11.1 Å². The predicted molar refractivity (Wildman–Crippen MR) is 61.8 cm³/mol. The van der Waals surface area contributed by atoms with Crippen LogP contribution in [-0.2, 0) is 0 Å². The topological polar surface area (TPSA) is 0 Å². The van der Waals surface area contributed by atoms with Crippen LogP contribution in [0.25, 0.3) is 0 Å². The van der Waals surface area contributed by atoms with Crippen LogP contribution < -0.4 is 0 Å². The van der Waals surface area contributed by atoms with Crippen molar-refractivity contribution in [1.82, 2.24) is 0 Å². The molecule has 1 rings (SSSR count). The van der Waals surface area contributed by atoms with E-state index in [0.29, 0.717) is 5.92 Å². The maximum atomic E-state index is 2.29. The van der Waals surface area contributed by atoms with E-state index in [4.69, 9.17) is 0 Å². The number of allylic oxidation sites excluding steroid dienone is 4. The van der Waals surface area contributed by atoms with Gasteiger partial charge in [0.05, 0.1) is 0 Å². The van der Waals surface area contributed by atoms with Gasteiger partial charge in [0.2, 0.25) is 0 Å². The summed E-state index contributed by atoms with van der Waals surface area (Å²) in [4.78, 5) is 0. The molecule has 0 nitrogen and oxygen atoms in total. The molecule has 0 aliphatic heterocycles. The van der Waals surface area contributed by atoms with E-state index in [-0.39, 0.29) is 0 Å². The maximum absolute atomic E-state index is 2.29. The van der Waals surface area contributed by atoms with Gasteiger partial charge in [0.15, 0.2) is 0 Å². The summed E-state index contributed by atoms with van der Waals surface area (Å²) in [6, 6.07) is 0. The molecule has 0 N–H and O–H groups in total. The van der Waals surface area contributed by atoms with Crippen molar-refractivity contribution in [3.8, 4) is 0 Å². The third kappa shape index (κ3) is 3.38. The Balaban J connectivity index is 0.000000671. The Morgan fingerprint density at radius 2 is 1.54 bits per heavy atom. The van der Waals surface area contributed by atoms with Crippen LogP contribution in [0.1, 0.15) is 48.0 Å². The number of hydrogen-bond acceptors (Lipinski definition) is 0. The largest absolute Gasteiger partial charge is 0.0802 e. The van der Waals surface area contributed by atoms with Crippen molar-refractivity contribution < 1.29 is 0 Å². The van der Waals surface area contributed by atoms with Gasteiger partial charge in [-0.15, -0.1) is 0 Å². The minimum atomic E-state index is 0.700. The van der Waals surface area contributed by atoms with E-state index in [2.05, 4.69) is 39.8 Å². The van der Waals surface area contributed by atoms with Crippen molar-refractivity contribution in [3.63, 3.8) is 0 Å². The molecule has 0 amide bonds. The highest BCUT2D eigenvalue weighted by atomic mass is 14.2. The molecule has 13 heavy (non-hydrogen) atoms. The SMILES string of the molecule is CC.CC(C)C1=C(C(C)C)CC=C1. The first-order valence-corrected chi connectivity index (χ1v) is 5.52. The average Bonchev–Trinajstić information content (AvgIpc) is 2.55. The van der Waals surface area contributed by atoms with Gasteiger partial charge in [0.25, 0.3) is 0 Å². The van der Waals surface area contributed by atoms with E-state index in [1.807, 2.05) is 13.8 Å². The number of rotatable bonds is 2. The summed E-state index contributed by atoms with van der Waals surface area (Å²) >= 11 is 0. The van der Waals surface area contributed by atoms with Gasteiger partial charge in [-0.2, -0.15) is 0 Å². The van der Waals surface area contributed by atoms with Crippen LogP contribution in [0.5, 0.6) is 0 Å². The fourth-order valence-electron chi connectivity index (χ4n) is 1.67. The van der Waals surface area contributed by atoms with Gasteiger partial charge in [0, 0.05) is 0 Å². The van der Waals surface area contributed by atoms with Crippen LogP contribution >= 0.6 is 0 Å². The standard InChI is InChI=1S/C11H18.C2H6/c1-8(2)10-6-5-7-11(10)9(3)4;1-2/h5-6,8-9H,7H2,1-4H3;1-2H3. The first-order valence-electron chi connectivity index (χ1n) is 5.52. The molecule has 0 bridgehead atoms. The molecule has 0 spiro atoms. The smallest absolute Gasteiger partial charge is 0.0127 e. The summed E-state index contributed by atoms with van der Waals surface area (Å²) in [5, 5.41) is 0. The van der Waals surface area contributed by atoms with Gasteiger partial charge >= 0.3 is 0 Å². The average molecular weight is 180 g/mol. The molecule has 0 heterocycles. The van der Waals surface area contributed by atoms with Crippen molar-refractivity contribution in [1.29, 1.82) is 0 Å². The highest BCUT2D eigenvalue weighted by Crippen LogP contribution is 2.30. The third-order valence-electron chi connectivity index (χ3n) is 2.32. The number of hydrogen-bond donors (Lipinski definition) is 0. The molecule has 0 aromatic rings. The van der Waals surface area contributed by atoms with Crippen LogP contribution in [-0.4, -0.2) is 0 Å². The summed E-state index contributed by atoms with van der Waals surface area (Å²) in [6.07, 6.45) is 5.76. The van der Waals surface area contributed by atoms with Crippen LogP contribution in [0.15, 0.2) is 23.3 Å². The lowest BCUT2D eigenvalue weighted by Gasteiger charge is -2.13. The molecule has 1 aliphatic carbocycles. The van der Waals surface area contributed by atoms with E-state index in [0.717, 1.165) is 5.92 Å². The lowest BCUT2D eigenvalue weighted by molar-refractivity contribution is 0.702. The van der Waals surface area contributed by atoms with Crippen LogP contribution in [0.2, 0.25) is 0 Å². The van der Waals surface area contributed by atoms with Crippen LogP contribution in [0, 0.1) is 11.8 Å². The van der Waals surface area contributed by atoms with Gasteiger partial charge in [0.1, 0.15) is 0 Å². The molecule has 0 fully saturated rings. The minimum absolute atomic E-state index is 0.700. The summed E-state index contributed by atoms with van der Waals surface area (Å²) in [6.45, 7) is 13.1. The normalized spacial score (nSPS) is 15.4. The van der Waals surface area contributed by atoms with E-state index < -0.39 is 0 Å². The third-order valence-corrected chi connectivity index (χ3v) is 2.32. The molecule has 0 saturated carbocycles. The zero-order valence-electron chi connectivity index (χ0n) is 10.0. The van der Waals surface area contributed by atoms with Gasteiger partial charge in [-0.25, -0.2) is 0 Å². The highest BCUT2D eigenvalue weighted by molar-refractivity contribution is 5.35. The Morgan fingerprint density at radius 1 is 1.00 bits per heavy atom. The monoisotopic (exact) mass is 180 g/mol. The first-order chi connectivity index (χ1) is 6.13. The maximum Gasteiger partial charge on any atom is -0.0127 e. The molecule has 0 heteroatoms. The Hall–Kier alpha value is -0.520. The molecule has 0 atom stereocenters. The molecular weight excluding hydrogens is 156 g/mol. The van der Waals surface area contributed by atoms with Crippen molar-refractivity contribution >= 4 is 0 Å². The molecule has 76 valence electrons. The van der Waals surface area contributed by atoms with Gasteiger partial charge < -0.3 is 0 Å². The summed E-state index contributed by atoms with van der Waals surface area (Å²) in [7, 11) is 0. The lowest BCUT2D eigenvalue weighted by atomic mass is 9.93. The van der Waals surface area contributed by atoms with Crippen molar-refractivity contribution in [2.45, 2.75) is 48.0 Å². The Bertz CT molecular complexity index is 192. The molecule has 1 aliphatic rings. The molecular formula is C13H24. The zero-order chi connectivity index (χ0) is 10.4. The molecule has 0 aromatic carbocycles. The highest BCUT2D eigenvalue weighted by Gasteiger charge is 2.14. The molecule has 0 radical (unpaired) electrons. The van der Waals surface area contributed by atoms with E-state index in [9.17, 15) is 0 Å². The quantitative estimate of drug-likeness (QED) is 0.583. The predicted octanol–water partition coefficient (Wildman–Crippen LogP) is 4.58. The Morgan fingerprint density at radius 3 is 1.85 bits per heavy atom. The van der Waals surface area contributed by atoms with Crippen LogP contribution in [0.4, 0.5) is 0 Å². The summed E-state index contributed by atoms with van der Waals surface area (Å²) < 4.78 is 0. The van der Waals surface area contributed by atoms with Gasteiger partial charge in [-0.3, -0.25) is 0 Å². The van der Waals surface area contributed by atoms with Crippen molar-refractivity contribution in [3.05, 3.63) is 23.3 Å². The van der Waals surface area contributed by atoms with Crippen molar-refractivity contribution in [2.75, 3.05) is 0 Å². The first kappa shape index (κ1) is 12.5. The van der Waals surface area contributed by atoms with E-state index in [1.165, 1.54) is 6.42 Å². The Kier molecular flexibility index (Phi) is 5.77. The van der Waals surface area contributed by atoms with Crippen LogP contribution in [0.3, 0.4) is 0 Å². The Labute approximate surface area is 83.7 Å².